The Labute approximate surface area is 98.9 Å². The highest BCUT2D eigenvalue weighted by Gasteiger charge is 2.40. The van der Waals surface area contributed by atoms with Crippen molar-refractivity contribution in [1.82, 2.24) is 15.3 Å². The molecule has 1 aliphatic heterocycles. The number of carbonyl (C=O) groups excluding carboxylic acids is 1. The van der Waals surface area contributed by atoms with Gasteiger partial charge in [-0.1, -0.05) is 6.92 Å². The minimum atomic E-state index is -0.947. The molecule has 2 unspecified atom stereocenters. The molecule has 1 fully saturated rings. The molecule has 0 aromatic rings. The standard InChI is InChI=1S/C9H17N3O3S/c1-4-7-12(9(15)10-11(2)3)6(5-16-7)8(13)14/h6-7H,4-5H2,1-3H3,(H,10,15)(H,13,14). The number of aliphatic carboxylic acids is 1. The summed E-state index contributed by atoms with van der Waals surface area (Å²) < 4.78 is 0. The average Bonchev–Trinajstić information content (AvgIpc) is 2.59. The molecule has 0 saturated carbocycles. The van der Waals surface area contributed by atoms with Crippen LogP contribution < -0.4 is 5.43 Å². The van der Waals surface area contributed by atoms with E-state index in [1.165, 1.54) is 21.7 Å². The van der Waals surface area contributed by atoms with Crippen molar-refractivity contribution in [2.45, 2.75) is 24.8 Å². The van der Waals surface area contributed by atoms with E-state index >= 15 is 0 Å². The number of hydrogen-bond donors (Lipinski definition) is 2. The van der Waals surface area contributed by atoms with Crippen molar-refractivity contribution in [1.29, 1.82) is 0 Å². The summed E-state index contributed by atoms with van der Waals surface area (Å²) in [5.74, 6) is -0.494. The van der Waals surface area contributed by atoms with Crippen LogP contribution in [0.1, 0.15) is 13.3 Å². The maximum atomic E-state index is 11.8. The number of urea groups is 1. The van der Waals surface area contributed by atoms with Gasteiger partial charge in [-0.2, -0.15) is 0 Å². The molecule has 1 saturated heterocycles. The number of carboxylic acid groups (broad SMARTS) is 1. The topological polar surface area (TPSA) is 72.9 Å². The van der Waals surface area contributed by atoms with Gasteiger partial charge in [0.15, 0.2) is 0 Å². The summed E-state index contributed by atoms with van der Waals surface area (Å²) in [7, 11) is 3.38. The molecule has 0 aromatic carbocycles. The molecule has 1 heterocycles. The quantitative estimate of drug-likeness (QED) is 0.707. The lowest BCUT2D eigenvalue weighted by atomic mass is 10.3. The van der Waals surface area contributed by atoms with E-state index in [0.717, 1.165) is 6.42 Å². The SMILES string of the molecule is CCC1SCC(C(=O)O)N1C(=O)NN(C)C. The minimum Gasteiger partial charge on any atom is -0.480 e. The fourth-order valence-corrected chi connectivity index (χ4v) is 2.94. The zero-order valence-corrected chi connectivity index (χ0v) is 10.5. The highest BCUT2D eigenvalue weighted by atomic mass is 32.2. The van der Waals surface area contributed by atoms with Crippen LogP contribution in [0, 0.1) is 0 Å². The van der Waals surface area contributed by atoms with Crippen LogP contribution >= 0.6 is 11.8 Å². The molecule has 6 nitrogen and oxygen atoms in total. The van der Waals surface area contributed by atoms with Gasteiger partial charge >= 0.3 is 12.0 Å². The Hall–Kier alpha value is -0.950. The fraction of sp³-hybridized carbons (Fsp3) is 0.778. The number of carboxylic acids is 1. The second-order valence-corrected chi connectivity index (χ2v) is 4.98. The molecule has 2 amide bonds. The van der Waals surface area contributed by atoms with Gasteiger partial charge < -0.3 is 5.11 Å². The number of rotatable bonds is 3. The van der Waals surface area contributed by atoms with E-state index in [0.29, 0.717) is 5.75 Å². The van der Waals surface area contributed by atoms with Gasteiger partial charge in [-0.25, -0.2) is 14.6 Å². The van der Waals surface area contributed by atoms with Crippen LogP contribution in [-0.2, 0) is 4.79 Å². The second-order valence-electron chi connectivity index (χ2n) is 3.77. The molecule has 0 radical (unpaired) electrons. The van der Waals surface area contributed by atoms with Crippen molar-refractivity contribution >= 4 is 23.8 Å². The Morgan fingerprint density at radius 1 is 1.56 bits per heavy atom. The summed E-state index contributed by atoms with van der Waals surface area (Å²) >= 11 is 1.51. The molecule has 0 bridgehead atoms. The van der Waals surface area contributed by atoms with Crippen molar-refractivity contribution in [3.05, 3.63) is 0 Å². The van der Waals surface area contributed by atoms with Crippen LogP contribution in [0.15, 0.2) is 0 Å². The Morgan fingerprint density at radius 2 is 2.19 bits per heavy atom. The first-order valence-corrected chi connectivity index (χ1v) is 6.13. The van der Waals surface area contributed by atoms with Crippen LogP contribution in [-0.4, -0.2) is 58.3 Å². The summed E-state index contributed by atoms with van der Waals surface area (Å²) in [5, 5.41) is 10.5. The van der Waals surface area contributed by atoms with Crippen LogP contribution in [0.4, 0.5) is 4.79 Å². The van der Waals surface area contributed by atoms with Crippen molar-refractivity contribution in [2.75, 3.05) is 19.8 Å². The molecule has 16 heavy (non-hydrogen) atoms. The summed E-state index contributed by atoms with van der Waals surface area (Å²) in [4.78, 5) is 24.3. The van der Waals surface area contributed by atoms with Gasteiger partial charge in [-0.3, -0.25) is 10.3 Å². The molecule has 0 aromatic heterocycles. The molecule has 7 heteroatoms. The van der Waals surface area contributed by atoms with Crippen LogP contribution in [0.2, 0.25) is 0 Å². The minimum absolute atomic E-state index is 0.0546. The lowest BCUT2D eigenvalue weighted by molar-refractivity contribution is -0.141. The smallest absolute Gasteiger partial charge is 0.333 e. The van der Waals surface area contributed by atoms with Crippen molar-refractivity contribution in [3.63, 3.8) is 0 Å². The molecular weight excluding hydrogens is 230 g/mol. The Balaban J connectivity index is 2.77. The number of amides is 2. The maximum absolute atomic E-state index is 11.8. The van der Waals surface area contributed by atoms with E-state index in [2.05, 4.69) is 5.43 Å². The Kier molecular flexibility index (Phi) is 4.43. The summed E-state index contributed by atoms with van der Waals surface area (Å²) in [6, 6.07) is -1.08. The number of nitrogens with one attached hydrogen (secondary N) is 1. The van der Waals surface area contributed by atoms with E-state index in [9.17, 15) is 9.59 Å². The van der Waals surface area contributed by atoms with Crippen molar-refractivity contribution in [2.24, 2.45) is 0 Å². The molecule has 1 aliphatic rings. The highest BCUT2D eigenvalue weighted by Crippen LogP contribution is 2.31. The lowest BCUT2D eigenvalue weighted by Gasteiger charge is -2.28. The number of hydrogen-bond acceptors (Lipinski definition) is 4. The molecule has 2 atom stereocenters. The van der Waals surface area contributed by atoms with Gasteiger partial charge in [-0.15, -0.1) is 11.8 Å². The van der Waals surface area contributed by atoms with E-state index in [1.807, 2.05) is 6.92 Å². The molecule has 0 spiro atoms. The van der Waals surface area contributed by atoms with Crippen molar-refractivity contribution < 1.29 is 14.7 Å². The second kappa shape index (κ2) is 5.40. The lowest BCUT2D eigenvalue weighted by Crippen LogP contribution is -2.53. The predicted octanol–water partition coefficient (Wildman–Crippen LogP) is 0.411. The normalized spacial score (nSPS) is 24.9. The van der Waals surface area contributed by atoms with Crippen LogP contribution in [0.25, 0.3) is 0 Å². The highest BCUT2D eigenvalue weighted by molar-refractivity contribution is 8.00. The molecule has 92 valence electrons. The monoisotopic (exact) mass is 247 g/mol. The third-order valence-electron chi connectivity index (χ3n) is 2.28. The number of nitrogens with zero attached hydrogens (tertiary/aromatic N) is 2. The summed E-state index contributed by atoms with van der Waals surface area (Å²) in [6.07, 6.45) is 0.745. The van der Waals surface area contributed by atoms with E-state index < -0.39 is 12.0 Å². The molecular formula is C9H17N3O3S. The average molecular weight is 247 g/mol. The van der Waals surface area contributed by atoms with Gasteiger partial charge in [0.05, 0.1) is 5.37 Å². The zero-order chi connectivity index (χ0) is 12.3. The van der Waals surface area contributed by atoms with Gasteiger partial charge in [0.1, 0.15) is 6.04 Å². The third kappa shape index (κ3) is 2.79. The van der Waals surface area contributed by atoms with Crippen LogP contribution in [0.3, 0.4) is 0 Å². The predicted molar refractivity (Wildman–Crippen MR) is 62.0 cm³/mol. The maximum Gasteiger partial charge on any atom is 0.333 e. The Bertz CT molecular complexity index is 285. The first-order chi connectivity index (χ1) is 7.47. The van der Waals surface area contributed by atoms with E-state index in [1.54, 1.807) is 14.1 Å². The van der Waals surface area contributed by atoms with E-state index in [4.69, 9.17) is 5.11 Å². The van der Waals surface area contributed by atoms with Crippen LogP contribution in [0.5, 0.6) is 0 Å². The molecule has 1 rings (SSSR count). The van der Waals surface area contributed by atoms with Gasteiger partial charge in [-0.05, 0) is 6.42 Å². The fourth-order valence-electron chi connectivity index (χ4n) is 1.59. The Morgan fingerprint density at radius 3 is 2.62 bits per heavy atom. The summed E-state index contributed by atoms with van der Waals surface area (Å²) in [6.45, 7) is 1.94. The first kappa shape index (κ1) is 13.1. The largest absolute Gasteiger partial charge is 0.480 e. The third-order valence-corrected chi connectivity index (χ3v) is 3.73. The number of thioether (sulfide) groups is 1. The zero-order valence-electron chi connectivity index (χ0n) is 9.64. The van der Waals surface area contributed by atoms with Crippen molar-refractivity contribution in [3.8, 4) is 0 Å². The molecule has 2 N–H and O–H groups in total. The van der Waals surface area contributed by atoms with Gasteiger partial charge in [0, 0.05) is 19.8 Å². The number of carbonyl (C=O) groups is 2. The molecule has 0 aliphatic carbocycles. The van der Waals surface area contributed by atoms with E-state index in [-0.39, 0.29) is 11.4 Å². The first-order valence-electron chi connectivity index (χ1n) is 5.08. The van der Waals surface area contributed by atoms with Gasteiger partial charge in [0.25, 0.3) is 0 Å². The number of hydrazine groups is 1. The summed E-state index contributed by atoms with van der Waals surface area (Å²) in [5.41, 5.74) is 2.58. The van der Waals surface area contributed by atoms with Gasteiger partial charge in [0.2, 0.25) is 0 Å².